The maximum absolute atomic E-state index is 11.5. The average molecular weight is 229 g/mol. The molecule has 1 aromatic rings. The highest BCUT2D eigenvalue weighted by atomic mass is 32.2. The quantitative estimate of drug-likeness (QED) is 0.840. The van der Waals surface area contributed by atoms with Gasteiger partial charge in [-0.2, -0.15) is 11.8 Å². The summed E-state index contributed by atoms with van der Waals surface area (Å²) in [5.41, 5.74) is 0. The first-order chi connectivity index (χ1) is 6.74. The SMILES string of the molecule is CSCC(C)CNC(=O)c1cccs1. The van der Waals surface area contributed by atoms with E-state index in [1.165, 1.54) is 11.3 Å². The normalized spacial score (nSPS) is 12.4. The molecular weight excluding hydrogens is 214 g/mol. The van der Waals surface area contributed by atoms with Gasteiger partial charge in [0.2, 0.25) is 0 Å². The van der Waals surface area contributed by atoms with E-state index < -0.39 is 0 Å². The number of nitrogens with one attached hydrogen (secondary N) is 1. The Hall–Kier alpha value is -0.480. The van der Waals surface area contributed by atoms with Crippen LogP contribution in [0.1, 0.15) is 16.6 Å². The van der Waals surface area contributed by atoms with Crippen molar-refractivity contribution in [3.63, 3.8) is 0 Å². The molecule has 0 bridgehead atoms. The predicted octanol–water partition coefficient (Wildman–Crippen LogP) is 2.48. The fourth-order valence-corrected chi connectivity index (χ4v) is 2.43. The zero-order valence-electron chi connectivity index (χ0n) is 8.45. The van der Waals surface area contributed by atoms with E-state index in [9.17, 15) is 4.79 Å². The first-order valence-corrected chi connectivity index (χ1v) is 6.82. The Morgan fingerprint density at radius 1 is 1.71 bits per heavy atom. The predicted molar refractivity (Wildman–Crippen MR) is 64.2 cm³/mol. The molecule has 0 aliphatic heterocycles. The largest absolute Gasteiger partial charge is 0.351 e. The number of amides is 1. The summed E-state index contributed by atoms with van der Waals surface area (Å²) >= 11 is 3.29. The van der Waals surface area contributed by atoms with Crippen LogP contribution in [0, 0.1) is 5.92 Å². The van der Waals surface area contributed by atoms with E-state index in [4.69, 9.17) is 0 Å². The summed E-state index contributed by atoms with van der Waals surface area (Å²) in [7, 11) is 0. The van der Waals surface area contributed by atoms with Crippen LogP contribution in [0.5, 0.6) is 0 Å². The van der Waals surface area contributed by atoms with Gasteiger partial charge in [-0.15, -0.1) is 11.3 Å². The Balaban J connectivity index is 2.28. The minimum absolute atomic E-state index is 0.0490. The molecule has 0 fully saturated rings. The lowest BCUT2D eigenvalue weighted by Crippen LogP contribution is -2.28. The van der Waals surface area contributed by atoms with Crippen LogP contribution >= 0.6 is 23.1 Å². The van der Waals surface area contributed by atoms with Crippen LogP contribution in [0.15, 0.2) is 17.5 Å². The molecule has 1 atom stereocenters. The zero-order chi connectivity index (χ0) is 10.4. The Morgan fingerprint density at radius 2 is 2.50 bits per heavy atom. The number of carbonyl (C=O) groups excluding carboxylic acids is 1. The van der Waals surface area contributed by atoms with Crippen molar-refractivity contribution < 1.29 is 4.79 Å². The topological polar surface area (TPSA) is 29.1 Å². The summed E-state index contributed by atoms with van der Waals surface area (Å²) in [6.07, 6.45) is 2.08. The number of hydrogen-bond donors (Lipinski definition) is 1. The molecule has 0 aliphatic carbocycles. The summed E-state index contributed by atoms with van der Waals surface area (Å²) in [5, 5.41) is 4.84. The second kappa shape index (κ2) is 6.09. The molecule has 4 heteroatoms. The van der Waals surface area contributed by atoms with E-state index in [2.05, 4.69) is 18.5 Å². The molecule has 0 radical (unpaired) electrons. The molecule has 1 aromatic heterocycles. The molecule has 1 rings (SSSR count). The third-order valence-corrected chi connectivity index (χ3v) is 3.58. The van der Waals surface area contributed by atoms with Gasteiger partial charge in [0.05, 0.1) is 4.88 Å². The summed E-state index contributed by atoms with van der Waals surface area (Å²) in [6, 6.07) is 3.74. The van der Waals surface area contributed by atoms with Crippen LogP contribution in [0.2, 0.25) is 0 Å². The van der Waals surface area contributed by atoms with Crippen molar-refractivity contribution in [2.45, 2.75) is 6.92 Å². The molecular formula is C10H15NOS2. The van der Waals surface area contributed by atoms with Crippen molar-refractivity contribution in [1.82, 2.24) is 5.32 Å². The van der Waals surface area contributed by atoms with Gasteiger partial charge in [-0.25, -0.2) is 0 Å². The fraction of sp³-hybridized carbons (Fsp3) is 0.500. The maximum atomic E-state index is 11.5. The molecule has 1 heterocycles. The minimum atomic E-state index is 0.0490. The van der Waals surface area contributed by atoms with Gasteiger partial charge in [0.15, 0.2) is 0 Å². The van der Waals surface area contributed by atoms with Crippen molar-refractivity contribution in [1.29, 1.82) is 0 Å². The highest BCUT2D eigenvalue weighted by Crippen LogP contribution is 2.08. The van der Waals surface area contributed by atoms with E-state index in [1.54, 1.807) is 0 Å². The van der Waals surface area contributed by atoms with E-state index in [-0.39, 0.29) is 5.91 Å². The van der Waals surface area contributed by atoms with E-state index >= 15 is 0 Å². The van der Waals surface area contributed by atoms with Crippen molar-refractivity contribution in [2.75, 3.05) is 18.6 Å². The van der Waals surface area contributed by atoms with Crippen molar-refractivity contribution in [3.8, 4) is 0 Å². The summed E-state index contributed by atoms with van der Waals surface area (Å²) in [6.45, 7) is 2.91. The Kier molecular flexibility index (Phi) is 5.04. The van der Waals surface area contributed by atoms with Crippen LogP contribution in [0.3, 0.4) is 0 Å². The molecule has 0 aliphatic rings. The second-order valence-corrected chi connectivity index (χ2v) is 5.11. The van der Waals surface area contributed by atoms with Gasteiger partial charge in [-0.3, -0.25) is 4.79 Å². The first-order valence-electron chi connectivity index (χ1n) is 4.54. The van der Waals surface area contributed by atoms with Gasteiger partial charge in [-0.05, 0) is 29.4 Å². The monoisotopic (exact) mass is 229 g/mol. The molecule has 0 saturated carbocycles. The lowest BCUT2D eigenvalue weighted by molar-refractivity contribution is 0.0953. The van der Waals surface area contributed by atoms with Gasteiger partial charge in [0, 0.05) is 6.54 Å². The van der Waals surface area contributed by atoms with Crippen LogP contribution in [-0.4, -0.2) is 24.5 Å². The number of thioether (sulfide) groups is 1. The molecule has 14 heavy (non-hydrogen) atoms. The molecule has 0 saturated heterocycles. The van der Waals surface area contributed by atoms with E-state index in [0.29, 0.717) is 5.92 Å². The van der Waals surface area contributed by atoms with Crippen molar-refractivity contribution >= 4 is 29.0 Å². The van der Waals surface area contributed by atoms with Gasteiger partial charge in [0.25, 0.3) is 5.91 Å². The molecule has 1 amide bonds. The minimum Gasteiger partial charge on any atom is -0.351 e. The molecule has 1 N–H and O–H groups in total. The second-order valence-electron chi connectivity index (χ2n) is 3.25. The number of hydrogen-bond acceptors (Lipinski definition) is 3. The van der Waals surface area contributed by atoms with Gasteiger partial charge in [-0.1, -0.05) is 13.0 Å². The van der Waals surface area contributed by atoms with Gasteiger partial charge < -0.3 is 5.32 Å². The number of thiophene rings is 1. The molecule has 2 nitrogen and oxygen atoms in total. The molecule has 0 aromatic carbocycles. The van der Waals surface area contributed by atoms with Crippen LogP contribution in [-0.2, 0) is 0 Å². The van der Waals surface area contributed by atoms with Crippen LogP contribution < -0.4 is 5.32 Å². The third-order valence-electron chi connectivity index (χ3n) is 1.81. The maximum Gasteiger partial charge on any atom is 0.261 e. The van der Waals surface area contributed by atoms with Gasteiger partial charge >= 0.3 is 0 Å². The summed E-state index contributed by atoms with van der Waals surface area (Å²) in [5.74, 6) is 1.67. The van der Waals surface area contributed by atoms with Crippen LogP contribution in [0.25, 0.3) is 0 Å². The van der Waals surface area contributed by atoms with E-state index in [0.717, 1.165) is 17.2 Å². The number of carbonyl (C=O) groups is 1. The third kappa shape index (κ3) is 3.72. The Labute approximate surface area is 93.1 Å². The van der Waals surface area contributed by atoms with Gasteiger partial charge in [0.1, 0.15) is 0 Å². The smallest absolute Gasteiger partial charge is 0.261 e. The van der Waals surface area contributed by atoms with Crippen molar-refractivity contribution in [3.05, 3.63) is 22.4 Å². The Bertz CT molecular complexity index is 272. The van der Waals surface area contributed by atoms with Crippen LogP contribution in [0.4, 0.5) is 0 Å². The number of rotatable bonds is 5. The van der Waals surface area contributed by atoms with E-state index in [1.807, 2.05) is 29.3 Å². The highest BCUT2D eigenvalue weighted by Gasteiger charge is 2.07. The zero-order valence-corrected chi connectivity index (χ0v) is 10.1. The summed E-state index contributed by atoms with van der Waals surface area (Å²) in [4.78, 5) is 12.3. The molecule has 1 unspecified atom stereocenters. The highest BCUT2D eigenvalue weighted by molar-refractivity contribution is 7.98. The van der Waals surface area contributed by atoms with Crippen molar-refractivity contribution in [2.24, 2.45) is 5.92 Å². The summed E-state index contributed by atoms with van der Waals surface area (Å²) < 4.78 is 0. The molecule has 78 valence electrons. The first kappa shape index (κ1) is 11.6. The molecule has 0 spiro atoms. The standard InChI is InChI=1S/C10H15NOS2/c1-8(7-13-2)6-11-10(12)9-4-3-5-14-9/h3-5,8H,6-7H2,1-2H3,(H,11,12). The fourth-order valence-electron chi connectivity index (χ4n) is 1.11. The lowest BCUT2D eigenvalue weighted by atomic mass is 10.2. The average Bonchev–Trinajstić information content (AvgIpc) is 2.67. The Morgan fingerprint density at radius 3 is 3.07 bits per heavy atom. The lowest BCUT2D eigenvalue weighted by Gasteiger charge is -2.10.